The van der Waals surface area contributed by atoms with Crippen molar-refractivity contribution < 1.29 is 13.9 Å². The molecule has 0 spiro atoms. The first-order valence-corrected chi connectivity index (χ1v) is 2.86. The predicted molar refractivity (Wildman–Crippen MR) is 28.4 cm³/mol. The van der Waals surface area contributed by atoms with E-state index in [2.05, 4.69) is 5.32 Å². The lowest BCUT2D eigenvalue weighted by Crippen LogP contribution is -2.25. The average molecular weight is 137 g/mol. The number of alkyl halides is 2. The molecule has 1 heterocycles. The van der Waals surface area contributed by atoms with Gasteiger partial charge in [0.05, 0.1) is 13.2 Å². The van der Waals surface area contributed by atoms with Crippen LogP contribution in [0, 0.1) is 0 Å². The van der Waals surface area contributed by atoms with Crippen LogP contribution < -0.4 is 5.32 Å². The van der Waals surface area contributed by atoms with E-state index in [9.17, 15) is 8.78 Å². The topological polar surface area (TPSA) is 32.3 Å². The van der Waals surface area contributed by atoms with Crippen molar-refractivity contribution in [1.29, 1.82) is 0 Å². The van der Waals surface area contributed by atoms with Gasteiger partial charge in [0, 0.05) is 12.5 Å². The Morgan fingerprint density at radius 3 is 2.56 bits per heavy atom. The van der Waals surface area contributed by atoms with E-state index in [1.165, 1.54) is 0 Å². The molecule has 1 atom stereocenters. The fourth-order valence-electron chi connectivity index (χ4n) is 0.928. The molecule has 1 fully saturated rings. The zero-order chi connectivity index (χ0) is 6.91. The van der Waals surface area contributed by atoms with E-state index in [-0.39, 0.29) is 19.6 Å². The first-order valence-electron chi connectivity index (χ1n) is 2.86. The lowest BCUT2D eigenvalue weighted by atomic mass is 10.2. The Morgan fingerprint density at radius 1 is 1.67 bits per heavy atom. The molecule has 0 aromatic heterocycles. The van der Waals surface area contributed by atoms with Gasteiger partial charge in [-0.2, -0.15) is 0 Å². The van der Waals surface area contributed by atoms with Crippen LogP contribution in [0.2, 0.25) is 0 Å². The number of hydrogen-bond donors (Lipinski definition) is 2. The number of aliphatic hydroxyl groups excluding tert-OH is 1. The van der Waals surface area contributed by atoms with Gasteiger partial charge in [0.1, 0.15) is 0 Å². The normalized spacial score (nSPS) is 33.0. The van der Waals surface area contributed by atoms with Crippen LogP contribution in [0.25, 0.3) is 0 Å². The molecule has 2 nitrogen and oxygen atoms in total. The molecule has 0 aromatic rings. The zero-order valence-electron chi connectivity index (χ0n) is 4.90. The molecule has 0 aliphatic carbocycles. The molecule has 9 heavy (non-hydrogen) atoms. The van der Waals surface area contributed by atoms with E-state index in [0.29, 0.717) is 0 Å². The van der Waals surface area contributed by atoms with Gasteiger partial charge in [-0.1, -0.05) is 0 Å². The summed E-state index contributed by atoms with van der Waals surface area (Å²) in [6.45, 7) is -0.492. The van der Waals surface area contributed by atoms with Crippen molar-refractivity contribution in [2.75, 3.05) is 13.2 Å². The minimum absolute atomic E-state index is 0.199. The van der Waals surface area contributed by atoms with Gasteiger partial charge in [-0.05, 0) is 0 Å². The molecular formula is C5H9F2NO. The molecule has 1 aliphatic heterocycles. The number of aliphatic hydroxyl groups is 1. The average Bonchev–Trinajstić information content (AvgIpc) is 2.10. The summed E-state index contributed by atoms with van der Waals surface area (Å²) in [5.41, 5.74) is 0. The molecule has 0 saturated carbocycles. The van der Waals surface area contributed by atoms with E-state index in [0.717, 1.165) is 0 Å². The first kappa shape index (κ1) is 6.89. The monoisotopic (exact) mass is 137 g/mol. The third kappa shape index (κ3) is 1.59. The Hall–Kier alpha value is -0.220. The third-order valence-corrected chi connectivity index (χ3v) is 1.41. The van der Waals surface area contributed by atoms with Crippen molar-refractivity contribution in [3.63, 3.8) is 0 Å². The summed E-state index contributed by atoms with van der Waals surface area (Å²) < 4.78 is 24.4. The number of rotatable bonds is 1. The molecular weight excluding hydrogens is 128 g/mol. The van der Waals surface area contributed by atoms with Crippen LogP contribution in [-0.2, 0) is 0 Å². The lowest BCUT2D eigenvalue weighted by molar-refractivity contribution is 0.0192. The maximum atomic E-state index is 12.2. The van der Waals surface area contributed by atoms with E-state index in [1.807, 2.05) is 0 Å². The third-order valence-electron chi connectivity index (χ3n) is 1.41. The van der Waals surface area contributed by atoms with Gasteiger partial charge in [0.25, 0.3) is 5.92 Å². The summed E-state index contributed by atoms with van der Waals surface area (Å²) in [6, 6.07) is -0.403. The van der Waals surface area contributed by atoms with Crippen molar-refractivity contribution in [3.05, 3.63) is 0 Å². The van der Waals surface area contributed by atoms with Gasteiger partial charge in [0.2, 0.25) is 0 Å². The van der Waals surface area contributed by atoms with Crippen molar-refractivity contribution >= 4 is 0 Å². The van der Waals surface area contributed by atoms with Crippen molar-refractivity contribution in [3.8, 4) is 0 Å². The highest BCUT2D eigenvalue weighted by Crippen LogP contribution is 2.24. The molecule has 1 saturated heterocycles. The molecule has 0 radical (unpaired) electrons. The summed E-state index contributed by atoms with van der Waals surface area (Å²) in [7, 11) is 0. The SMILES string of the molecule is OC[C@H]1CC(F)(F)CN1. The van der Waals surface area contributed by atoms with Crippen LogP contribution in [0.5, 0.6) is 0 Å². The van der Waals surface area contributed by atoms with Gasteiger partial charge in [-0.3, -0.25) is 0 Å². The van der Waals surface area contributed by atoms with Gasteiger partial charge in [-0.15, -0.1) is 0 Å². The summed E-state index contributed by atoms with van der Waals surface area (Å²) >= 11 is 0. The second-order valence-corrected chi connectivity index (χ2v) is 2.32. The Morgan fingerprint density at radius 2 is 2.33 bits per heavy atom. The van der Waals surface area contributed by atoms with Crippen LogP contribution in [0.1, 0.15) is 6.42 Å². The predicted octanol–water partition coefficient (Wildman–Crippen LogP) is -0.0241. The molecule has 4 heteroatoms. The maximum absolute atomic E-state index is 12.2. The number of halogens is 2. The highest BCUT2D eigenvalue weighted by molar-refractivity contribution is 4.86. The van der Waals surface area contributed by atoms with Gasteiger partial charge in [0.15, 0.2) is 0 Å². The van der Waals surface area contributed by atoms with Crippen LogP contribution in [0.15, 0.2) is 0 Å². The second kappa shape index (κ2) is 2.19. The summed E-state index contributed by atoms with van der Waals surface area (Å²) in [6.07, 6.45) is -0.233. The van der Waals surface area contributed by atoms with Gasteiger partial charge in [-0.25, -0.2) is 8.78 Å². The highest BCUT2D eigenvalue weighted by atomic mass is 19.3. The Balaban J connectivity index is 2.38. The molecule has 2 N–H and O–H groups in total. The number of nitrogens with one attached hydrogen (secondary N) is 1. The van der Waals surface area contributed by atoms with E-state index < -0.39 is 12.0 Å². The van der Waals surface area contributed by atoms with Crippen molar-refractivity contribution in [2.24, 2.45) is 0 Å². The fraction of sp³-hybridized carbons (Fsp3) is 1.00. The molecule has 0 amide bonds. The largest absolute Gasteiger partial charge is 0.395 e. The van der Waals surface area contributed by atoms with Gasteiger partial charge < -0.3 is 10.4 Å². The summed E-state index contributed by atoms with van der Waals surface area (Å²) in [5, 5.41) is 10.9. The van der Waals surface area contributed by atoms with Crippen molar-refractivity contribution in [2.45, 2.75) is 18.4 Å². The van der Waals surface area contributed by atoms with E-state index >= 15 is 0 Å². The van der Waals surface area contributed by atoms with Crippen LogP contribution in [-0.4, -0.2) is 30.2 Å². The highest BCUT2D eigenvalue weighted by Gasteiger charge is 2.38. The Bertz CT molecular complexity index is 107. The van der Waals surface area contributed by atoms with Crippen LogP contribution in [0.3, 0.4) is 0 Å². The summed E-state index contributed by atoms with van der Waals surface area (Å²) in [5.74, 6) is -2.60. The van der Waals surface area contributed by atoms with Gasteiger partial charge >= 0.3 is 0 Å². The molecule has 0 unspecified atom stereocenters. The Kier molecular flexibility index (Phi) is 1.68. The minimum atomic E-state index is -2.60. The van der Waals surface area contributed by atoms with E-state index in [4.69, 9.17) is 5.11 Å². The first-order chi connectivity index (χ1) is 4.14. The lowest BCUT2D eigenvalue weighted by Gasteiger charge is -2.04. The fourth-order valence-corrected chi connectivity index (χ4v) is 0.928. The maximum Gasteiger partial charge on any atom is 0.261 e. The molecule has 1 rings (SSSR count). The standard InChI is InChI=1S/C5H9F2NO/c6-5(7)1-4(2-9)8-3-5/h4,8-9H,1-3H2/t4-/m1/s1. The van der Waals surface area contributed by atoms with Crippen LogP contribution >= 0.6 is 0 Å². The zero-order valence-corrected chi connectivity index (χ0v) is 4.90. The number of hydrogen-bond acceptors (Lipinski definition) is 2. The van der Waals surface area contributed by atoms with Crippen LogP contribution in [0.4, 0.5) is 8.78 Å². The molecule has 54 valence electrons. The smallest absolute Gasteiger partial charge is 0.261 e. The minimum Gasteiger partial charge on any atom is -0.395 e. The Labute approximate surface area is 51.9 Å². The molecule has 0 aromatic carbocycles. The second-order valence-electron chi connectivity index (χ2n) is 2.32. The van der Waals surface area contributed by atoms with E-state index in [1.54, 1.807) is 0 Å². The quantitative estimate of drug-likeness (QED) is 0.532. The molecule has 1 aliphatic rings. The summed E-state index contributed by atoms with van der Waals surface area (Å²) in [4.78, 5) is 0. The van der Waals surface area contributed by atoms with Crippen molar-refractivity contribution in [1.82, 2.24) is 5.32 Å². The molecule has 0 bridgehead atoms.